The molecule has 0 unspecified atom stereocenters. The van der Waals surface area contributed by atoms with E-state index in [1.54, 1.807) is 0 Å². The van der Waals surface area contributed by atoms with Crippen LogP contribution in [-0.2, 0) is 0 Å². The van der Waals surface area contributed by atoms with Gasteiger partial charge in [0, 0.05) is 32.1 Å². The average molecular weight is 294 g/mol. The molecule has 0 aromatic heterocycles. The molecule has 0 radical (unpaired) electrons. The van der Waals surface area contributed by atoms with Crippen molar-refractivity contribution in [3.8, 4) is 6.07 Å². The van der Waals surface area contributed by atoms with Gasteiger partial charge in [0.2, 0.25) is 0 Å². The number of rotatable bonds is 4. The Balaban J connectivity index is 2.30. The van der Waals surface area contributed by atoms with Crippen LogP contribution in [0.1, 0.15) is 11.1 Å². The van der Waals surface area contributed by atoms with E-state index >= 15 is 0 Å². The first-order valence-electron chi connectivity index (χ1n) is 6.51. The van der Waals surface area contributed by atoms with Gasteiger partial charge in [0.15, 0.2) is 0 Å². The van der Waals surface area contributed by atoms with E-state index in [-0.39, 0.29) is 11.3 Å². The van der Waals surface area contributed by atoms with E-state index in [1.165, 1.54) is 24.4 Å². The Morgan fingerprint density at radius 3 is 2.45 bits per heavy atom. The topological polar surface area (TPSA) is 82.5 Å². The highest BCUT2D eigenvalue weighted by molar-refractivity contribution is 5.87. The highest BCUT2D eigenvalue weighted by Crippen LogP contribution is 2.21. The fraction of sp³-hybridized carbons (Fsp3) is 0.125. The number of anilines is 1. The molecule has 0 saturated carbocycles. The van der Waals surface area contributed by atoms with Crippen molar-refractivity contribution in [3.63, 3.8) is 0 Å². The van der Waals surface area contributed by atoms with E-state index in [0.29, 0.717) is 11.3 Å². The van der Waals surface area contributed by atoms with Gasteiger partial charge in [-0.25, -0.2) is 0 Å². The smallest absolute Gasteiger partial charge is 0.279 e. The lowest BCUT2D eigenvalue weighted by Crippen LogP contribution is -2.07. The quantitative estimate of drug-likeness (QED) is 0.492. The van der Waals surface area contributed by atoms with Crippen LogP contribution in [0.5, 0.6) is 0 Å². The van der Waals surface area contributed by atoms with Crippen LogP contribution in [0, 0.1) is 21.4 Å². The minimum Gasteiger partial charge on any atom is -0.378 e. The van der Waals surface area contributed by atoms with Crippen molar-refractivity contribution in [2.75, 3.05) is 19.0 Å². The fourth-order valence-corrected chi connectivity index (χ4v) is 1.86. The average Bonchev–Trinajstić information content (AvgIpc) is 2.53. The van der Waals surface area contributed by atoms with Crippen molar-refractivity contribution in [2.24, 2.45) is 4.99 Å². The van der Waals surface area contributed by atoms with Crippen molar-refractivity contribution in [1.82, 2.24) is 0 Å². The standard InChI is InChI=1S/C16H14N4O2/c1-19(2)15-7-5-14(6-8-15)18-11-13-4-3-12(10-17)9-16(13)20(21)22/h3-9,11H,1-2H3/b18-11-. The van der Waals surface area contributed by atoms with Gasteiger partial charge in [-0.3, -0.25) is 15.1 Å². The predicted molar refractivity (Wildman–Crippen MR) is 85.8 cm³/mol. The zero-order chi connectivity index (χ0) is 16.1. The molecule has 0 spiro atoms. The van der Waals surface area contributed by atoms with E-state index in [2.05, 4.69) is 4.99 Å². The summed E-state index contributed by atoms with van der Waals surface area (Å²) >= 11 is 0. The van der Waals surface area contributed by atoms with Crippen molar-refractivity contribution in [3.05, 3.63) is 63.7 Å². The van der Waals surface area contributed by atoms with Crippen molar-refractivity contribution < 1.29 is 4.92 Å². The molecule has 6 nitrogen and oxygen atoms in total. The van der Waals surface area contributed by atoms with Crippen LogP contribution >= 0.6 is 0 Å². The third-order valence-electron chi connectivity index (χ3n) is 3.08. The van der Waals surface area contributed by atoms with Gasteiger partial charge in [0.1, 0.15) is 0 Å². The number of nitrogens with zero attached hydrogens (tertiary/aromatic N) is 4. The molecule has 2 aromatic carbocycles. The molecule has 0 aliphatic heterocycles. The minimum absolute atomic E-state index is 0.132. The molecule has 2 rings (SSSR count). The molecule has 0 amide bonds. The van der Waals surface area contributed by atoms with Gasteiger partial charge in [0.25, 0.3) is 5.69 Å². The summed E-state index contributed by atoms with van der Waals surface area (Å²) in [6.45, 7) is 0. The molecule has 0 aliphatic carbocycles. The van der Waals surface area contributed by atoms with E-state index in [0.717, 1.165) is 5.69 Å². The monoisotopic (exact) mass is 294 g/mol. The SMILES string of the molecule is CN(C)c1ccc(/N=C\c2ccc(C#N)cc2[N+](=O)[O-])cc1. The molecular formula is C16H14N4O2. The summed E-state index contributed by atoms with van der Waals surface area (Å²) in [5.74, 6) is 0. The second-order valence-corrected chi connectivity index (χ2v) is 4.81. The number of nitriles is 1. The number of benzene rings is 2. The zero-order valence-corrected chi connectivity index (χ0v) is 12.2. The number of hydrogen-bond acceptors (Lipinski definition) is 5. The Morgan fingerprint density at radius 2 is 1.91 bits per heavy atom. The van der Waals surface area contributed by atoms with Crippen molar-refractivity contribution >= 4 is 23.3 Å². The molecule has 0 atom stereocenters. The van der Waals surface area contributed by atoms with Crippen molar-refractivity contribution in [1.29, 1.82) is 5.26 Å². The molecule has 6 heteroatoms. The highest BCUT2D eigenvalue weighted by atomic mass is 16.6. The summed E-state index contributed by atoms with van der Waals surface area (Å²) in [6, 6.07) is 13.7. The first-order valence-corrected chi connectivity index (χ1v) is 6.51. The summed E-state index contributed by atoms with van der Waals surface area (Å²) in [4.78, 5) is 16.7. The molecule has 0 heterocycles. The van der Waals surface area contributed by atoms with Crippen LogP contribution in [0.15, 0.2) is 47.5 Å². The second kappa shape index (κ2) is 6.50. The van der Waals surface area contributed by atoms with E-state index in [1.807, 2.05) is 49.3 Å². The van der Waals surface area contributed by atoms with Gasteiger partial charge in [-0.1, -0.05) is 0 Å². The lowest BCUT2D eigenvalue weighted by Gasteiger charge is -2.11. The van der Waals surface area contributed by atoms with Gasteiger partial charge >= 0.3 is 0 Å². The maximum Gasteiger partial charge on any atom is 0.279 e. The van der Waals surface area contributed by atoms with Gasteiger partial charge < -0.3 is 4.90 Å². The second-order valence-electron chi connectivity index (χ2n) is 4.81. The normalized spacial score (nSPS) is 10.4. The molecule has 0 bridgehead atoms. The Morgan fingerprint density at radius 1 is 1.23 bits per heavy atom. The Hall–Kier alpha value is -3.20. The van der Waals surface area contributed by atoms with Crippen LogP contribution in [0.2, 0.25) is 0 Å². The maximum atomic E-state index is 11.0. The lowest BCUT2D eigenvalue weighted by atomic mass is 10.1. The molecule has 2 aromatic rings. The number of nitro benzene ring substituents is 1. The minimum atomic E-state index is -0.517. The van der Waals surface area contributed by atoms with Crippen LogP contribution in [0.25, 0.3) is 0 Å². The van der Waals surface area contributed by atoms with Crippen LogP contribution in [0.4, 0.5) is 17.1 Å². The molecule has 0 fully saturated rings. The Bertz CT molecular complexity index is 759. The van der Waals surface area contributed by atoms with Gasteiger partial charge in [0.05, 0.1) is 27.8 Å². The molecule has 22 heavy (non-hydrogen) atoms. The van der Waals surface area contributed by atoms with E-state index in [4.69, 9.17) is 5.26 Å². The largest absolute Gasteiger partial charge is 0.378 e. The molecule has 0 aliphatic rings. The zero-order valence-electron chi connectivity index (χ0n) is 12.2. The van der Waals surface area contributed by atoms with E-state index in [9.17, 15) is 10.1 Å². The highest BCUT2D eigenvalue weighted by Gasteiger charge is 2.12. The summed E-state index contributed by atoms with van der Waals surface area (Å²) in [6.07, 6.45) is 1.43. The van der Waals surface area contributed by atoms with Gasteiger partial charge in [-0.15, -0.1) is 0 Å². The number of nitro groups is 1. The first kappa shape index (κ1) is 15.2. The molecular weight excluding hydrogens is 280 g/mol. The Kier molecular flexibility index (Phi) is 4.49. The molecule has 0 saturated heterocycles. The van der Waals surface area contributed by atoms with Crippen LogP contribution in [-0.4, -0.2) is 25.2 Å². The number of hydrogen-bond donors (Lipinski definition) is 0. The first-order chi connectivity index (χ1) is 10.5. The van der Waals surface area contributed by atoms with Crippen molar-refractivity contribution in [2.45, 2.75) is 0 Å². The third-order valence-corrected chi connectivity index (χ3v) is 3.08. The Labute approximate surface area is 128 Å². The van der Waals surface area contributed by atoms with Crippen LogP contribution < -0.4 is 4.90 Å². The van der Waals surface area contributed by atoms with E-state index < -0.39 is 4.92 Å². The third kappa shape index (κ3) is 3.46. The van der Waals surface area contributed by atoms with Gasteiger partial charge in [-0.05, 0) is 36.4 Å². The maximum absolute atomic E-state index is 11.0. The van der Waals surface area contributed by atoms with Gasteiger partial charge in [-0.2, -0.15) is 5.26 Å². The summed E-state index contributed by atoms with van der Waals surface area (Å²) < 4.78 is 0. The lowest BCUT2D eigenvalue weighted by molar-refractivity contribution is -0.385. The molecule has 0 N–H and O–H groups in total. The predicted octanol–water partition coefficient (Wildman–Crippen LogP) is 3.28. The summed E-state index contributed by atoms with van der Waals surface area (Å²) in [7, 11) is 3.89. The number of aliphatic imine (C=N–C) groups is 1. The fourth-order valence-electron chi connectivity index (χ4n) is 1.86. The summed E-state index contributed by atoms with van der Waals surface area (Å²) in [5, 5.41) is 19.9. The molecule has 110 valence electrons. The van der Waals surface area contributed by atoms with Crippen LogP contribution in [0.3, 0.4) is 0 Å². The summed E-state index contributed by atoms with van der Waals surface area (Å²) in [5.41, 5.74) is 2.22.